The van der Waals surface area contributed by atoms with E-state index in [0.29, 0.717) is 0 Å². The third-order valence-electron chi connectivity index (χ3n) is 3.32. The van der Waals surface area contributed by atoms with E-state index in [4.69, 9.17) is 4.42 Å². The molecule has 1 aromatic heterocycles. The van der Waals surface area contributed by atoms with Crippen LogP contribution in [0.15, 0.2) is 34.9 Å². The lowest BCUT2D eigenvalue weighted by atomic mass is 10.0. The Bertz CT molecular complexity index is 559. The number of benzene rings is 1. The molecule has 0 bridgehead atoms. The van der Waals surface area contributed by atoms with Gasteiger partial charge in [0.1, 0.15) is 10.3 Å². The van der Waals surface area contributed by atoms with Gasteiger partial charge in [-0.25, -0.2) is 0 Å². The smallest absolute Gasteiger partial charge is 0.136 e. The highest BCUT2D eigenvalue weighted by atomic mass is 32.2. The Morgan fingerprint density at radius 3 is 2.70 bits per heavy atom. The van der Waals surface area contributed by atoms with Crippen LogP contribution in [0.3, 0.4) is 0 Å². The monoisotopic (exact) mass is 293 g/mol. The van der Waals surface area contributed by atoms with Crippen LogP contribution in [0.2, 0.25) is 0 Å². The van der Waals surface area contributed by atoms with E-state index in [0.717, 1.165) is 23.8 Å². The summed E-state index contributed by atoms with van der Waals surface area (Å²) in [4.78, 5) is 0. The summed E-state index contributed by atoms with van der Waals surface area (Å²) in [5.74, 6) is 0. The molecular weight excluding hydrogens is 270 g/mol. The van der Waals surface area contributed by atoms with E-state index < -0.39 is 11.4 Å². The average molecular weight is 293 g/mol. The highest BCUT2D eigenvalue weighted by Gasteiger charge is 2.28. The van der Waals surface area contributed by atoms with Crippen molar-refractivity contribution in [3.63, 3.8) is 0 Å². The van der Waals surface area contributed by atoms with Gasteiger partial charge in [0, 0.05) is 16.7 Å². The van der Waals surface area contributed by atoms with Crippen molar-refractivity contribution in [2.24, 2.45) is 0 Å². The molecule has 2 rings (SSSR count). The summed E-state index contributed by atoms with van der Waals surface area (Å²) in [6.45, 7) is 8.08. The van der Waals surface area contributed by atoms with Crippen molar-refractivity contribution in [2.75, 3.05) is 0 Å². The molecule has 1 unspecified atom stereocenters. The van der Waals surface area contributed by atoms with E-state index in [2.05, 4.69) is 23.8 Å². The van der Waals surface area contributed by atoms with Gasteiger partial charge < -0.3 is 8.97 Å². The second-order valence-corrected chi connectivity index (χ2v) is 8.10. The van der Waals surface area contributed by atoms with Gasteiger partial charge in [-0.05, 0) is 57.4 Å². The van der Waals surface area contributed by atoms with Crippen molar-refractivity contribution < 1.29 is 8.97 Å². The predicted molar refractivity (Wildman–Crippen MR) is 85.0 cm³/mol. The molecule has 2 atom stereocenters. The van der Waals surface area contributed by atoms with Gasteiger partial charge in [0.25, 0.3) is 0 Å². The van der Waals surface area contributed by atoms with E-state index in [1.807, 2.05) is 32.9 Å². The number of fused-ring (bicyclic) bond motifs is 1. The Labute approximate surface area is 124 Å². The molecule has 1 aromatic carbocycles. The maximum absolute atomic E-state index is 12.2. The van der Waals surface area contributed by atoms with Crippen molar-refractivity contribution in [1.82, 2.24) is 4.72 Å². The number of hydrogen-bond donors (Lipinski definition) is 1. The van der Waals surface area contributed by atoms with Crippen molar-refractivity contribution in [3.05, 3.63) is 36.1 Å². The molecule has 4 heteroatoms. The molecule has 0 radical (unpaired) electrons. The Morgan fingerprint density at radius 2 is 2.05 bits per heavy atom. The maximum atomic E-state index is 12.2. The Morgan fingerprint density at radius 1 is 1.30 bits per heavy atom. The summed E-state index contributed by atoms with van der Waals surface area (Å²) < 4.78 is 20.5. The lowest BCUT2D eigenvalue weighted by Crippen LogP contribution is -2.45. The molecule has 1 N–H and O–H groups in total. The van der Waals surface area contributed by atoms with Crippen molar-refractivity contribution in [3.8, 4) is 0 Å². The summed E-state index contributed by atoms with van der Waals surface area (Å²) in [6.07, 6.45) is 3.53. The first-order valence-electron chi connectivity index (χ1n) is 7.04. The third-order valence-corrected chi connectivity index (χ3v) is 4.98. The van der Waals surface area contributed by atoms with E-state index in [1.165, 1.54) is 5.56 Å². The van der Waals surface area contributed by atoms with Gasteiger partial charge in [0.2, 0.25) is 0 Å². The van der Waals surface area contributed by atoms with Crippen LogP contribution >= 0.6 is 0 Å². The summed E-state index contributed by atoms with van der Waals surface area (Å²) in [7, 11) is 0. The predicted octanol–water partition coefficient (Wildman–Crippen LogP) is 3.81. The van der Waals surface area contributed by atoms with Crippen LogP contribution in [-0.2, 0) is 17.8 Å². The largest absolute Gasteiger partial charge is 0.598 e. The van der Waals surface area contributed by atoms with Gasteiger partial charge in [-0.3, -0.25) is 0 Å². The van der Waals surface area contributed by atoms with Gasteiger partial charge >= 0.3 is 0 Å². The van der Waals surface area contributed by atoms with E-state index >= 15 is 0 Å². The molecule has 0 aliphatic heterocycles. The SMILES string of the molecule is CCC(Cc1ccc2occc2c1)N[S@+]([O-])C(C)(C)C. The Hall–Kier alpha value is -0.970. The first-order chi connectivity index (χ1) is 9.40. The summed E-state index contributed by atoms with van der Waals surface area (Å²) in [5, 5.41) is 1.12. The van der Waals surface area contributed by atoms with Crippen LogP contribution in [0.5, 0.6) is 0 Å². The van der Waals surface area contributed by atoms with Gasteiger partial charge in [0.05, 0.1) is 12.3 Å². The molecule has 3 nitrogen and oxygen atoms in total. The van der Waals surface area contributed by atoms with Gasteiger partial charge in [-0.1, -0.05) is 13.0 Å². The minimum Gasteiger partial charge on any atom is -0.598 e. The zero-order valence-corrected chi connectivity index (χ0v) is 13.4. The molecule has 0 aliphatic rings. The van der Waals surface area contributed by atoms with Crippen molar-refractivity contribution >= 4 is 22.3 Å². The van der Waals surface area contributed by atoms with Crippen LogP contribution in [0.1, 0.15) is 39.7 Å². The lowest BCUT2D eigenvalue weighted by Gasteiger charge is -2.27. The third kappa shape index (κ3) is 3.78. The Balaban J connectivity index is 2.05. The molecule has 0 aliphatic carbocycles. The number of rotatable bonds is 5. The number of furan rings is 1. The zero-order chi connectivity index (χ0) is 14.8. The van der Waals surface area contributed by atoms with Crippen molar-refractivity contribution in [2.45, 2.75) is 51.3 Å². The molecule has 1 heterocycles. The second kappa shape index (κ2) is 6.20. The fraction of sp³-hybridized carbons (Fsp3) is 0.500. The van der Waals surface area contributed by atoms with Gasteiger partial charge in [-0.2, -0.15) is 0 Å². The lowest BCUT2D eigenvalue weighted by molar-refractivity contribution is 0.510. The zero-order valence-electron chi connectivity index (χ0n) is 12.6. The fourth-order valence-corrected chi connectivity index (χ4v) is 2.93. The molecule has 0 saturated carbocycles. The summed E-state index contributed by atoms with van der Waals surface area (Å²) >= 11 is -1.03. The highest BCUT2D eigenvalue weighted by Crippen LogP contribution is 2.20. The molecule has 0 amide bonds. The first kappa shape index (κ1) is 15.4. The standard InChI is InChI=1S/C16H23NO2S/c1-5-14(17-20(18)16(2,3)4)11-12-6-7-15-13(10-12)8-9-19-15/h6-10,14,17H,5,11H2,1-4H3/t14?,20-/m1/s1. The summed E-state index contributed by atoms with van der Waals surface area (Å²) in [6, 6.07) is 8.41. The molecule has 0 spiro atoms. The average Bonchev–Trinajstić information content (AvgIpc) is 2.84. The molecule has 0 saturated heterocycles. The minimum absolute atomic E-state index is 0.222. The van der Waals surface area contributed by atoms with Crippen LogP contribution in [0.4, 0.5) is 0 Å². The van der Waals surface area contributed by atoms with Gasteiger partial charge in [0.15, 0.2) is 0 Å². The molecule has 20 heavy (non-hydrogen) atoms. The normalized spacial score (nSPS) is 15.4. The second-order valence-electron chi connectivity index (χ2n) is 6.10. The van der Waals surface area contributed by atoms with Crippen molar-refractivity contribution in [1.29, 1.82) is 0 Å². The van der Waals surface area contributed by atoms with E-state index in [-0.39, 0.29) is 10.8 Å². The topological polar surface area (TPSA) is 48.2 Å². The minimum atomic E-state index is -1.03. The van der Waals surface area contributed by atoms with Crippen LogP contribution in [-0.4, -0.2) is 15.3 Å². The van der Waals surface area contributed by atoms with E-state index in [1.54, 1.807) is 6.26 Å². The number of nitrogens with one attached hydrogen (secondary N) is 1. The maximum Gasteiger partial charge on any atom is 0.136 e. The van der Waals surface area contributed by atoms with Crippen LogP contribution in [0.25, 0.3) is 11.0 Å². The van der Waals surface area contributed by atoms with E-state index in [9.17, 15) is 4.55 Å². The number of hydrogen-bond acceptors (Lipinski definition) is 3. The molecule has 110 valence electrons. The first-order valence-corrected chi connectivity index (χ1v) is 8.19. The molecular formula is C16H23NO2S. The fourth-order valence-electron chi connectivity index (χ4n) is 2.03. The van der Waals surface area contributed by atoms with Gasteiger partial charge in [-0.15, -0.1) is 4.72 Å². The summed E-state index contributed by atoms with van der Waals surface area (Å²) in [5.41, 5.74) is 2.15. The molecule has 2 aromatic rings. The molecule has 0 fully saturated rings. The Kier molecular flexibility index (Phi) is 4.78. The van der Waals surface area contributed by atoms with Crippen LogP contribution < -0.4 is 4.72 Å². The van der Waals surface area contributed by atoms with Crippen LogP contribution in [0, 0.1) is 0 Å². The quantitative estimate of drug-likeness (QED) is 0.853. The highest BCUT2D eigenvalue weighted by molar-refractivity contribution is 7.90.